The molecule has 0 heterocycles. The molecule has 0 unspecified atom stereocenters. The van der Waals surface area contributed by atoms with Gasteiger partial charge in [-0.15, -0.1) is 0 Å². The second kappa shape index (κ2) is 8.91. The molecule has 0 bridgehead atoms. The summed E-state index contributed by atoms with van der Waals surface area (Å²) in [7, 11) is 1.21. The minimum Gasteiger partial charge on any atom is -0.488 e. The maximum absolute atomic E-state index is 11.6. The number of rotatable bonds is 5. The standard InChI is InChI=1S/C18H12BrCl2NO3/c1-24-18(23)12(9-22)7-11-8-13(19)5-6-17(11)25-10-14-15(20)3-2-4-16(14)21/h2-8H,10H2,1H3/b12-7+. The number of carbonyl (C=O) groups is 1. The van der Waals surface area contributed by atoms with Crippen molar-refractivity contribution in [3.8, 4) is 11.8 Å². The maximum Gasteiger partial charge on any atom is 0.348 e. The van der Waals surface area contributed by atoms with Gasteiger partial charge < -0.3 is 9.47 Å². The van der Waals surface area contributed by atoms with Gasteiger partial charge in [0.05, 0.1) is 7.11 Å². The van der Waals surface area contributed by atoms with Crippen LogP contribution < -0.4 is 4.74 Å². The molecule has 0 atom stereocenters. The van der Waals surface area contributed by atoms with Crippen LogP contribution in [0.1, 0.15) is 11.1 Å². The lowest BCUT2D eigenvalue weighted by Crippen LogP contribution is -2.03. The third-order valence-corrected chi connectivity index (χ3v) is 4.43. The molecule has 2 aromatic rings. The Balaban J connectivity index is 2.35. The summed E-state index contributed by atoms with van der Waals surface area (Å²) in [5.74, 6) is -0.251. The van der Waals surface area contributed by atoms with Crippen molar-refractivity contribution in [3.63, 3.8) is 0 Å². The van der Waals surface area contributed by atoms with Crippen LogP contribution in [0.5, 0.6) is 5.75 Å². The molecule has 7 heteroatoms. The second-order valence-corrected chi connectivity index (χ2v) is 6.56. The molecule has 0 saturated heterocycles. The predicted molar refractivity (Wildman–Crippen MR) is 101 cm³/mol. The zero-order valence-corrected chi connectivity index (χ0v) is 16.2. The number of ether oxygens (including phenoxy) is 2. The number of nitriles is 1. The molecule has 0 amide bonds. The van der Waals surface area contributed by atoms with Crippen molar-refractivity contribution in [2.24, 2.45) is 0 Å². The van der Waals surface area contributed by atoms with Crippen LogP contribution in [0.25, 0.3) is 6.08 Å². The van der Waals surface area contributed by atoms with Crippen molar-refractivity contribution in [3.05, 3.63) is 67.6 Å². The van der Waals surface area contributed by atoms with Gasteiger partial charge in [0.15, 0.2) is 0 Å². The SMILES string of the molecule is COC(=O)/C(C#N)=C/c1cc(Br)ccc1OCc1c(Cl)cccc1Cl. The lowest BCUT2D eigenvalue weighted by Gasteiger charge is -2.12. The van der Waals surface area contributed by atoms with E-state index in [1.165, 1.54) is 13.2 Å². The van der Waals surface area contributed by atoms with Crippen LogP contribution in [0, 0.1) is 11.3 Å². The van der Waals surface area contributed by atoms with Gasteiger partial charge in [0.25, 0.3) is 0 Å². The van der Waals surface area contributed by atoms with Gasteiger partial charge >= 0.3 is 5.97 Å². The Bertz CT molecular complexity index is 855. The Labute approximate surface area is 163 Å². The number of esters is 1. The highest BCUT2D eigenvalue weighted by atomic mass is 79.9. The molecule has 0 radical (unpaired) electrons. The summed E-state index contributed by atoms with van der Waals surface area (Å²) in [5, 5.41) is 10.1. The predicted octanol–water partition coefficient (Wildman–Crippen LogP) is 5.41. The molecule has 0 aliphatic carbocycles. The minimum atomic E-state index is -0.720. The molecular formula is C18H12BrCl2NO3. The van der Waals surface area contributed by atoms with Gasteiger partial charge in [0.2, 0.25) is 0 Å². The van der Waals surface area contributed by atoms with E-state index in [0.717, 1.165) is 4.47 Å². The number of hydrogen-bond donors (Lipinski definition) is 0. The Morgan fingerprint density at radius 2 is 1.96 bits per heavy atom. The van der Waals surface area contributed by atoms with Gasteiger partial charge in [-0.3, -0.25) is 0 Å². The maximum atomic E-state index is 11.6. The van der Waals surface area contributed by atoms with E-state index in [2.05, 4.69) is 20.7 Å². The molecule has 2 aromatic carbocycles. The van der Waals surface area contributed by atoms with Gasteiger partial charge in [-0.1, -0.05) is 45.2 Å². The summed E-state index contributed by atoms with van der Waals surface area (Å²) in [6.07, 6.45) is 1.40. The summed E-state index contributed by atoms with van der Waals surface area (Å²) in [6.45, 7) is 0.140. The Morgan fingerprint density at radius 3 is 2.56 bits per heavy atom. The fourth-order valence-corrected chi connectivity index (χ4v) is 2.87. The van der Waals surface area contributed by atoms with E-state index in [1.807, 2.05) is 6.07 Å². The molecule has 0 aliphatic rings. The average molecular weight is 441 g/mol. The summed E-state index contributed by atoms with van der Waals surface area (Å²) >= 11 is 15.6. The van der Waals surface area contributed by atoms with E-state index in [1.54, 1.807) is 36.4 Å². The van der Waals surface area contributed by atoms with Crippen molar-refractivity contribution in [2.45, 2.75) is 6.61 Å². The summed E-state index contributed by atoms with van der Waals surface area (Å²) in [6, 6.07) is 12.2. The topological polar surface area (TPSA) is 59.3 Å². The zero-order chi connectivity index (χ0) is 18.4. The molecule has 2 rings (SSSR count). The van der Waals surface area contributed by atoms with E-state index in [-0.39, 0.29) is 12.2 Å². The van der Waals surface area contributed by atoms with Crippen LogP contribution in [0.15, 0.2) is 46.4 Å². The average Bonchev–Trinajstić information content (AvgIpc) is 2.60. The van der Waals surface area contributed by atoms with Gasteiger partial charge in [-0.25, -0.2) is 4.79 Å². The quantitative estimate of drug-likeness (QED) is 0.354. The Hall–Kier alpha value is -2.00. The molecule has 128 valence electrons. The third kappa shape index (κ3) is 4.99. The number of carbonyl (C=O) groups excluding carboxylic acids is 1. The highest BCUT2D eigenvalue weighted by molar-refractivity contribution is 9.10. The first kappa shape index (κ1) is 19.3. The molecule has 0 aromatic heterocycles. The number of hydrogen-bond acceptors (Lipinski definition) is 4. The molecule has 0 fully saturated rings. The van der Waals surface area contributed by atoms with E-state index >= 15 is 0 Å². The highest BCUT2D eigenvalue weighted by Crippen LogP contribution is 2.29. The van der Waals surface area contributed by atoms with Crippen LogP contribution >= 0.6 is 39.1 Å². The fourth-order valence-electron chi connectivity index (χ4n) is 1.99. The van der Waals surface area contributed by atoms with E-state index in [9.17, 15) is 4.79 Å². The van der Waals surface area contributed by atoms with E-state index < -0.39 is 5.97 Å². The highest BCUT2D eigenvalue weighted by Gasteiger charge is 2.12. The van der Waals surface area contributed by atoms with Crippen LogP contribution in [-0.2, 0) is 16.1 Å². The van der Waals surface area contributed by atoms with E-state index in [4.69, 9.17) is 33.2 Å². The van der Waals surface area contributed by atoms with Crippen molar-refractivity contribution in [1.82, 2.24) is 0 Å². The van der Waals surface area contributed by atoms with Gasteiger partial charge in [0, 0.05) is 25.6 Å². The Kier molecular flexibility index (Phi) is 6.89. The normalized spacial score (nSPS) is 10.9. The number of methoxy groups -OCH3 is 1. The van der Waals surface area contributed by atoms with Gasteiger partial charge in [-0.2, -0.15) is 5.26 Å². The molecule has 0 spiro atoms. The molecule has 0 saturated carbocycles. The third-order valence-electron chi connectivity index (χ3n) is 3.23. The van der Waals surface area contributed by atoms with E-state index in [0.29, 0.717) is 26.9 Å². The van der Waals surface area contributed by atoms with Crippen LogP contribution in [0.2, 0.25) is 10.0 Å². The van der Waals surface area contributed by atoms with Crippen LogP contribution in [0.4, 0.5) is 0 Å². The number of nitrogens with zero attached hydrogens (tertiary/aromatic N) is 1. The molecule has 0 aliphatic heterocycles. The molecule has 4 nitrogen and oxygen atoms in total. The molecule has 25 heavy (non-hydrogen) atoms. The smallest absolute Gasteiger partial charge is 0.348 e. The minimum absolute atomic E-state index is 0.138. The van der Waals surface area contributed by atoms with Crippen molar-refractivity contribution in [1.29, 1.82) is 5.26 Å². The number of halogens is 3. The summed E-state index contributed by atoms with van der Waals surface area (Å²) in [4.78, 5) is 11.6. The zero-order valence-electron chi connectivity index (χ0n) is 13.1. The monoisotopic (exact) mass is 439 g/mol. The Morgan fingerprint density at radius 1 is 1.28 bits per heavy atom. The van der Waals surface area contributed by atoms with Crippen molar-refractivity contribution in [2.75, 3.05) is 7.11 Å². The first-order valence-electron chi connectivity index (χ1n) is 7.01. The van der Waals surface area contributed by atoms with Gasteiger partial charge in [0.1, 0.15) is 24.0 Å². The molecular weight excluding hydrogens is 429 g/mol. The van der Waals surface area contributed by atoms with Crippen LogP contribution in [0.3, 0.4) is 0 Å². The largest absolute Gasteiger partial charge is 0.488 e. The number of benzene rings is 2. The second-order valence-electron chi connectivity index (χ2n) is 4.83. The fraction of sp³-hybridized carbons (Fsp3) is 0.111. The first-order chi connectivity index (χ1) is 12.0. The molecule has 0 N–H and O–H groups in total. The van der Waals surface area contributed by atoms with Crippen molar-refractivity contribution >= 4 is 51.2 Å². The summed E-state index contributed by atoms with van der Waals surface area (Å²) in [5.41, 5.74) is 1.05. The van der Waals surface area contributed by atoms with Gasteiger partial charge in [-0.05, 0) is 36.4 Å². The van der Waals surface area contributed by atoms with Crippen molar-refractivity contribution < 1.29 is 14.3 Å². The summed E-state index contributed by atoms with van der Waals surface area (Å²) < 4.78 is 11.2. The lowest BCUT2D eigenvalue weighted by atomic mass is 10.1. The first-order valence-corrected chi connectivity index (χ1v) is 8.56. The lowest BCUT2D eigenvalue weighted by molar-refractivity contribution is -0.135. The van der Waals surface area contributed by atoms with Crippen LogP contribution in [-0.4, -0.2) is 13.1 Å².